The smallest absolute Gasteiger partial charge is 0.133 e. The minimum atomic E-state index is 0.751. The summed E-state index contributed by atoms with van der Waals surface area (Å²) in [4.78, 5) is 9.34. The Morgan fingerprint density at radius 2 is 1.89 bits per heavy atom. The van der Waals surface area contributed by atoms with Crippen molar-refractivity contribution < 1.29 is 0 Å². The van der Waals surface area contributed by atoms with Gasteiger partial charge in [0.2, 0.25) is 0 Å². The van der Waals surface area contributed by atoms with E-state index in [9.17, 15) is 0 Å². The minimum Gasteiger partial charge on any atom is -0.370 e. The highest BCUT2D eigenvalue weighted by Crippen LogP contribution is 2.35. The highest BCUT2D eigenvalue weighted by molar-refractivity contribution is 7.99. The fraction of sp³-hybridized carbons (Fsp3) is 0.733. The molecule has 1 fully saturated rings. The summed E-state index contributed by atoms with van der Waals surface area (Å²) in [7, 11) is 0. The molecule has 0 radical (unpaired) electrons. The van der Waals surface area contributed by atoms with Gasteiger partial charge in [-0.3, -0.25) is 0 Å². The van der Waals surface area contributed by atoms with Crippen LogP contribution in [0.4, 0.5) is 5.82 Å². The molecule has 0 spiro atoms. The molecule has 2 rings (SSSR count). The molecule has 0 amide bonds. The van der Waals surface area contributed by atoms with Crippen LogP contribution < -0.4 is 5.32 Å². The van der Waals surface area contributed by atoms with E-state index in [-0.39, 0.29) is 0 Å². The minimum absolute atomic E-state index is 0.751. The number of thioether (sulfide) groups is 1. The van der Waals surface area contributed by atoms with Crippen molar-refractivity contribution >= 4 is 17.6 Å². The zero-order valence-corrected chi connectivity index (χ0v) is 13.1. The molecule has 3 nitrogen and oxygen atoms in total. The third kappa shape index (κ3) is 3.85. The summed E-state index contributed by atoms with van der Waals surface area (Å²) in [5.41, 5.74) is 1.22. The Kier molecular flexibility index (Phi) is 5.49. The van der Waals surface area contributed by atoms with Crippen LogP contribution in [-0.2, 0) is 6.42 Å². The van der Waals surface area contributed by atoms with Crippen molar-refractivity contribution in [3.05, 3.63) is 11.4 Å². The quantitative estimate of drug-likeness (QED) is 0.820. The molecule has 1 aliphatic carbocycles. The van der Waals surface area contributed by atoms with Crippen molar-refractivity contribution in [2.24, 2.45) is 0 Å². The van der Waals surface area contributed by atoms with Crippen LogP contribution >= 0.6 is 11.8 Å². The van der Waals surface area contributed by atoms with Gasteiger partial charge in [-0.25, -0.2) is 9.97 Å². The van der Waals surface area contributed by atoms with E-state index in [2.05, 4.69) is 31.1 Å². The van der Waals surface area contributed by atoms with Crippen molar-refractivity contribution in [2.45, 2.75) is 69.6 Å². The van der Waals surface area contributed by atoms with Crippen LogP contribution in [-0.4, -0.2) is 21.8 Å². The Bertz CT molecular complexity index is 414. The summed E-state index contributed by atoms with van der Waals surface area (Å²) in [6.45, 7) is 7.29. The predicted octanol–water partition coefficient (Wildman–Crippen LogP) is 4.20. The van der Waals surface area contributed by atoms with Gasteiger partial charge in [0.05, 0.1) is 0 Å². The number of rotatable bonds is 5. The van der Waals surface area contributed by atoms with Crippen molar-refractivity contribution in [3.63, 3.8) is 0 Å². The molecular weight excluding hydrogens is 254 g/mol. The van der Waals surface area contributed by atoms with E-state index in [0.717, 1.165) is 29.9 Å². The molecule has 0 saturated heterocycles. The van der Waals surface area contributed by atoms with Gasteiger partial charge in [0.1, 0.15) is 16.7 Å². The summed E-state index contributed by atoms with van der Waals surface area (Å²) in [6.07, 6.45) is 7.74. The second-order valence-corrected chi connectivity index (χ2v) is 6.47. The lowest BCUT2D eigenvalue weighted by Crippen LogP contribution is -2.11. The van der Waals surface area contributed by atoms with Gasteiger partial charge in [-0.05, 0) is 26.7 Å². The number of hydrogen-bond donors (Lipinski definition) is 1. The van der Waals surface area contributed by atoms with Crippen molar-refractivity contribution in [1.82, 2.24) is 9.97 Å². The number of anilines is 1. The lowest BCUT2D eigenvalue weighted by molar-refractivity contribution is 0.515. The van der Waals surface area contributed by atoms with Gasteiger partial charge >= 0.3 is 0 Å². The highest BCUT2D eigenvalue weighted by atomic mass is 32.2. The molecule has 4 heteroatoms. The first-order valence-electron chi connectivity index (χ1n) is 7.52. The Balaban J connectivity index is 2.19. The molecule has 0 unspecified atom stereocenters. The van der Waals surface area contributed by atoms with E-state index in [1.807, 2.05) is 11.8 Å². The van der Waals surface area contributed by atoms with Crippen LogP contribution in [0.1, 0.15) is 57.3 Å². The number of nitrogens with one attached hydrogen (secondary N) is 1. The average molecular weight is 279 g/mol. The zero-order chi connectivity index (χ0) is 13.7. The van der Waals surface area contributed by atoms with Gasteiger partial charge < -0.3 is 5.32 Å². The average Bonchev–Trinajstić information content (AvgIpc) is 2.44. The summed E-state index contributed by atoms with van der Waals surface area (Å²) >= 11 is 1.97. The number of aromatic nitrogens is 2. The van der Waals surface area contributed by atoms with Gasteiger partial charge in [-0.15, -0.1) is 11.8 Å². The first-order chi connectivity index (χ1) is 9.24. The maximum atomic E-state index is 4.74. The monoisotopic (exact) mass is 279 g/mol. The standard InChI is InChI=1S/C15H25N3S/c1-4-13-17-14(16-5-2)11(3)15(18-13)19-12-9-7-6-8-10-12/h12H,4-10H2,1-3H3,(H,16,17,18). The van der Waals surface area contributed by atoms with E-state index in [1.165, 1.54) is 42.7 Å². The SMILES string of the molecule is CCNc1nc(CC)nc(SC2CCCCC2)c1C. The van der Waals surface area contributed by atoms with Gasteiger partial charge in [0.15, 0.2) is 0 Å². The van der Waals surface area contributed by atoms with E-state index in [0.29, 0.717) is 0 Å². The third-order valence-corrected chi connectivity index (χ3v) is 5.06. The molecule has 1 heterocycles. The van der Waals surface area contributed by atoms with Crippen LogP contribution in [0.3, 0.4) is 0 Å². The summed E-state index contributed by atoms with van der Waals surface area (Å²) in [5.74, 6) is 1.98. The van der Waals surface area contributed by atoms with Crippen LogP contribution in [0.5, 0.6) is 0 Å². The van der Waals surface area contributed by atoms with E-state index < -0.39 is 0 Å². The summed E-state index contributed by atoms with van der Waals surface area (Å²) < 4.78 is 0. The van der Waals surface area contributed by atoms with Crippen LogP contribution in [0, 0.1) is 6.92 Å². The van der Waals surface area contributed by atoms with Gasteiger partial charge in [-0.2, -0.15) is 0 Å². The number of aryl methyl sites for hydroxylation is 1. The molecule has 1 saturated carbocycles. The first-order valence-corrected chi connectivity index (χ1v) is 8.40. The maximum Gasteiger partial charge on any atom is 0.133 e. The Morgan fingerprint density at radius 3 is 2.53 bits per heavy atom. The second kappa shape index (κ2) is 7.13. The van der Waals surface area contributed by atoms with Crippen LogP contribution in [0.15, 0.2) is 5.03 Å². The molecule has 1 aliphatic rings. The molecule has 0 atom stereocenters. The molecule has 0 aliphatic heterocycles. The fourth-order valence-electron chi connectivity index (χ4n) is 2.49. The number of nitrogens with zero attached hydrogens (tertiary/aromatic N) is 2. The number of hydrogen-bond acceptors (Lipinski definition) is 4. The largest absolute Gasteiger partial charge is 0.370 e. The first kappa shape index (κ1) is 14.6. The molecular formula is C15H25N3S. The highest BCUT2D eigenvalue weighted by Gasteiger charge is 2.18. The zero-order valence-electron chi connectivity index (χ0n) is 12.3. The van der Waals surface area contributed by atoms with Crippen LogP contribution in [0.2, 0.25) is 0 Å². The molecule has 19 heavy (non-hydrogen) atoms. The van der Waals surface area contributed by atoms with Gasteiger partial charge in [0, 0.05) is 23.8 Å². The maximum absolute atomic E-state index is 4.74. The Hall–Kier alpha value is -0.770. The van der Waals surface area contributed by atoms with Crippen LogP contribution in [0.25, 0.3) is 0 Å². The summed E-state index contributed by atoms with van der Waals surface area (Å²) in [5, 5.41) is 5.30. The molecule has 1 aromatic rings. The van der Waals surface area contributed by atoms with Crippen molar-refractivity contribution in [3.8, 4) is 0 Å². The molecule has 0 aromatic carbocycles. The predicted molar refractivity (Wildman–Crippen MR) is 83.0 cm³/mol. The Morgan fingerprint density at radius 1 is 1.16 bits per heavy atom. The molecule has 1 aromatic heterocycles. The van der Waals surface area contributed by atoms with E-state index in [4.69, 9.17) is 4.98 Å². The second-order valence-electron chi connectivity index (χ2n) is 5.18. The topological polar surface area (TPSA) is 37.8 Å². The van der Waals surface area contributed by atoms with E-state index in [1.54, 1.807) is 0 Å². The van der Waals surface area contributed by atoms with Crippen molar-refractivity contribution in [2.75, 3.05) is 11.9 Å². The molecule has 106 valence electrons. The summed E-state index contributed by atoms with van der Waals surface area (Å²) in [6, 6.07) is 0. The fourth-order valence-corrected chi connectivity index (χ4v) is 3.81. The molecule has 0 bridgehead atoms. The Labute approximate surface area is 121 Å². The lowest BCUT2D eigenvalue weighted by Gasteiger charge is -2.22. The molecule has 1 N–H and O–H groups in total. The lowest BCUT2D eigenvalue weighted by atomic mass is 10.0. The normalized spacial score (nSPS) is 16.6. The van der Waals surface area contributed by atoms with Gasteiger partial charge in [-0.1, -0.05) is 26.2 Å². The van der Waals surface area contributed by atoms with Gasteiger partial charge in [0.25, 0.3) is 0 Å². The van der Waals surface area contributed by atoms with Crippen molar-refractivity contribution in [1.29, 1.82) is 0 Å². The van der Waals surface area contributed by atoms with E-state index >= 15 is 0 Å². The third-order valence-electron chi connectivity index (χ3n) is 3.64.